The van der Waals surface area contributed by atoms with Crippen LogP contribution in [-0.4, -0.2) is 36.3 Å². The van der Waals surface area contributed by atoms with Crippen molar-refractivity contribution in [2.75, 3.05) is 19.6 Å². The van der Waals surface area contributed by atoms with Crippen LogP contribution in [0.5, 0.6) is 0 Å². The predicted molar refractivity (Wildman–Crippen MR) is 53.7 cm³/mol. The smallest absolute Gasteiger partial charge is 0.229 e. The summed E-state index contributed by atoms with van der Waals surface area (Å²) in [6, 6.07) is 0. The molecule has 0 atom stereocenters. The minimum Gasteiger partial charge on any atom is -0.315 e. The quantitative estimate of drug-likeness (QED) is 0.525. The Balaban J connectivity index is 2.42. The van der Waals surface area contributed by atoms with Crippen molar-refractivity contribution in [1.29, 1.82) is 0 Å². The molecule has 0 bridgehead atoms. The van der Waals surface area contributed by atoms with Gasteiger partial charge in [0.25, 0.3) is 0 Å². The molecular weight excluding hydrogens is 180 g/mol. The van der Waals surface area contributed by atoms with Crippen LogP contribution in [0.2, 0.25) is 0 Å². The first-order valence-corrected chi connectivity index (χ1v) is 5.19. The van der Waals surface area contributed by atoms with Gasteiger partial charge in [0.1, 0.15) is 0 Å². The van der Waals surface area contributed by atoms with E-state index in [2.05, 4.69) is 5.32 Å². The lowest BCUT2D eigenvalue weighted by molar-refractivity contribution is -0.149. The van der Waals surface area contributed by atoms with Gasteiger partial charge in [-0.05, 0) is 12.5 Å². The van der Waals surface area contributed by atoms with Crippen LogP contribution < -0.4 is 5.32 Å². The molecule has 4 nitrogen and oxygen atoms in total. The third kappa shape index (κ3) is 2.80. The highest BCUT2D eigenvalue weighted by Gasteiger charge is 2.29. The zero-order valence-corrected chi connectivity index (χ0v) is 8.88. The molecule has 2 amide bonds. The number of amides is 2. The van der Waals surface area contributed by atoms with Gasteiger partial charge in [-0.1, -0.05) is 13.8 Å². The highest BCUT2D eigenvalue weighted by molar-refractivity contribution is 5.97. The van der Waals surface area contributed by atoms with Gasteiger partial charge in [0.15, 0.2) is 0 Å². The Kier molecular flexibility index (Phi) is 4.07. The second-order valence-electron chi connectivity index (χ2n) is 3.81. The number of carbonyl (C=O) groups is 2. The molecule has 0 radical (unpaired) electrons. The zero-order valence-electron chi connectivity index (χ0n) is 8.88. The molecule has 0 aromatic heterocycles. The Morgan fingerprint density at radius 3 is 2.43 bits per heavy atom. The summed E-state index contributed by atoms with van der Waals surface area (Å²) in [7, 11) is 0. The van der Waals surface area contributed by atoms with E-state index in [1.807, 2.05) is 13.8 Å². The van der Waals surface area contributed by atoms with E-state index < -0.39 is 0 Å². The van der Waals surface area contributed by atoms with Crippen LogP contribution in [0.3, 0.4) is 0 Å². The van der Waals surface area contributed by atoms with Crippen molar-refractivity contribution in [2.24, 2.45) is 5.92 Å². The summed E-state index contributed by atoms with van der Waals surface area (Å²) in [5, 5.41) is 3.10. The first-order valence-electron chi connectivity index (χ1n) is 5.19. The topological polar surface area (TPSA) is 49.4 Å². The number of rotatable bonds is 4. The van der Waals surface area contributed by atoms with Crippen molar-refractivity contribution in [1.82, 2.24) is 10.2 Å². The van der Waals surface area contributed by atoms with Crippen LogP contribution in [0.15, 0.2) is 0 Å². The molecule has 0 aromatic rings. The number of nitrogens with one attached hydrogen (secondary N) is 1. The summed E-state index contributed by atoms with van der Waals surface area (Å²) < 4.78 is 0. The van der Waals surface area contributed by atoms with Crippen molar-refractivity contribution in [3.8, 4) is 0 Å². The normalized spacial score (nSPS) is 19.1. The van der Waals surface area contributed by atoms with E-state index in [-0.39, 0.29) is 17.7 Å². The lowest BCUT2D eigenvalue weighted by Gasteiger charge is -2.28. The van der Waals surface area contributed by atoms with E-state index in [1.54, 1.807) is 0 Å². The number of carbonyl (C=O) groups excluding carboxylic acids is 2. The number of imide groups is 1. The van der Waals surface area contributed by atoms with Crippen molar-refractivity contribution < 1.29 is 9.59 Å². The fourth-order valence-corrected chi connectivity index (χ4v) is 1.64. The number of likely N-dealkylation sites (N-methyl/N-ethyl adjacent to an activating group) is 1. The minimum atomic E-state index is -0.0216. The molecule has 1 fully saturated rings. The maximum absolute atomic E-state index is 11.5. The van der Waals surface area contributed by atoms with Crippen LogP contribution in [0.4, 0.5) is 0 Å². The first kappa shape index (κ1) is 11.2. The van der Waals surface area contributed by atoms with Crippen molar-refractivity contribution in [2.45, 2.75) is 26.7 Å². The number of likely N-dealkylation sites (tertiary alicyclic amines) is 1. The fourth-order valence-electron chi connectivity index (χ4n) is 1.64. The molecule has 0 aromatic carbocycles. The number of nitrogens with zero attached hydrogens (tertiary/aromatic N) is 1. The summed E-state index contributed by atoms with van der Waals surface area (Å²) in [6.07, 6.45) is 1.02. The maximum atomic E-state index is 11.5. The zero-order chi connectivity index (χ0) is 10.6. The van der Waals surface area contributed by atoms with Gasteiger partial charge in [0.2, 0.25) is 11.8 Å². The van der Waals surface area contributed by atoms with Crippen molar-refractivity contribution >= 4 is 11.8 Å². The van der Waals surface area contributed by atoms with Crippen LogP contribution in [0.1, 0.15) is 26.7 Å². The van der Waals surface area contributed by atoms with Gasteiger partial charge >= 0.3 is 0 Å². The second kappa shape index (κ2) is 5.10. The highest BCUT2D eigenvalue weighted by atomic mass is 16.2. The van der Waals surface area contributed by atoms with Crippen molar-refractivity contribution in [3.05, 3.63) is 0 Å². The Bertz CT molecular complexity index is 210. The molecule has 1 N–H and O–H groups in total. The Hall–Kier alpha value is -0.900. The van der Waals surface area contributed by atoms with Gasteiger partial charge in [-0.3, -0.25) is 14.5 Å². The first-order chi connectivity index (χ1) is 6.65. The minimum absolute atomic E-state index is 0.0216. The predicted octanol–water partition coefficient (Wildman–Crippen LogP) is 0.381. The Morgan fingerprint density at radius 2 is 1.93 bits per heavy atom. The molecule has 0 saturated carbocycles. The molecule has 1 rings (SSSR count). The fraction of sp³-hybridized carbons (Fsp3) is 0.800. The monoisotopic (exact) mass is 198 g/mol. The third-order valence-electron chi connectivity index (χ3n) is 2.41. The summed E-state index contributed by atoms with van der Waals surface area (Å²) in [5.41, 5.74) is 0. The Morgan fingerprint density at radius 1 is 1.36 bits per heavy atom. The molecule has 14 heavy (non-hydrogen) atoms. The van der Waals surface area contributed by atoms with E-state index in [4.69, 9.17) is 0 Å². The standard InChI is InChI=1S/C10H18N2O2/c1-3-11-4-5-12-9(13)6-8(2)7-10(12)14/h8,11H,3-7H2,1-2H3. The third-order valence-corrected chi connectivity index (χ3v) is 2.41. The largest absolute Gasteiger partial charge is 0.315 e. The molecule has 4 heteroatoms. The van der Waals surface area contributed by atoms with Gasteiger partial charge in [-0.25, -0.2) is 0 Å². The van der Waals surface area contributed by atoms with Gasteiger partial charge in [0.05, 0.1) is 0 Å². The molecule has 0 spiro atoms. The molecule has 1 heterocycles. The van der Waals surface area contributed by atoms with Gasteiger partial charge in [-0.2, -0.15) is 0 Å². The lowest BCUT2D eigenvalue weighted by atomic mass is 9.98. The Labute approximate surface area is 84.7 Å². The molecule has 1 aliphatic rings. The highest BCUT2D eigenvalue weighted by Crippen LogP contribution is 2.17. The number of piperidine rings is 1. The van der Waals surface area contributed by atoms with Crippen molar-refractivity contribution in [3.63, 3.8) is 0 Å². The summed E-state index contributed by atoms with van der Waals surface area (Å²) in [4.78, 5) is 24.4. The molecule has 0 aliphatic carbocycles. The van der Waals surface area contributed by atoms with E-state index in [9.17, 15) is 9.59 Å². The van der Waals surface area contributed by atoms with Crippen LogP contribution in [-0.2, 0) is 9.59 Å². The number of hydrogen-bond acceptors (Lipinski definition) is 3. The van der Waals surface area contributed by atoms with Gasteiger partial charge in [-0.15, -0.1) is 0 Å². The molecule has 80 valence electrons. The van der Waals surface area contributed by atoms with E-state index in [1.165, 1.54) is 4.90 Å². The van der Waals surface area contributed by atoms with E-state index >= 15 is 0 Å². The molecule has 1 saturated heterocycles. The summed E-state index contributed by atoms with van der Waals surface area (Å²) in [5.74, 6) is 0.170. The summed E-state index contributed by atoms with van der Waals surface area (Å²) in [6.45, 7) is 6.02. The lowest BCUT2D eigenvalue weighted by Crippen LogP contribution is -2.45. The maximum Gasteiger partial charge on any atom is 0.229 e. The van der Waals surface area contributed by atoms with E-state index in [0.29, 0.717) is 25.9 Å². The van der Waals surface area contributed by atoms with Crippen LogP contribution in [0, 0.1) is 5.92 Å². The average Bonchev–Trinajstić information content (AvgIpc) is 2.09. The van der Waals surface area contributed by atoms with Gasteiger partial charge in [0, 0.05) is 25.9 Å². The molecule has 0 unspecified atom stereocenters. The SMILES string of the molecule is CCNCCN1C(=O)CC(C)CC1=O. The molecular formula is C10H18N2O2. The van der Waals surface area contributed by atoms with Gasteiger partial charge < -0.3 is 5.32 Å². The average molecular weight is 198 g/mol. The molecule has 1 aliphatic heterocycles. The van der Waals surface area contributed by atoms with Crippen LogP contribution >= 0.6 is 0 Å². The van der Waals surface area contributed by atoms with E-state index in [0.717, 1.165) is 6.54 Å². The summed E-state index contributed by atoms with van der Waals surface area (Å²) >= 11 is 0. The second-order valence-corrected chi connectivity index (χ2v) is 3.81. The number of hydrogen-bond donors (Lipinski definition) is 1. The van der Waals surface area contributed by atoms with Crippen LogP contribution in [0.25, 0.3) is 0 Å².